The molecule has 1 fully saturated rings. The van der Waals surface area contributed by atoms with Gasteiger partial charge < -0.3 is 24.6 Å². The zero-order valence-electron chi connectivity index (χ0n) is 21.2. The normalized spacial score (nSPS) is 14.9. The smallest absolute Gasteiger partial charge is 0.322 e. The number of fused-ring (bicyclic) bond motifs is 1. The second-order valence-electron chi connectivity index (χ2n) is 9.06. The molecule has 12 heteroatoms. The number of methoxy groups -OCH3 is 1. The van der Waals surface area contributed by atoms with E-state index in [0.29, 0.717) is 57.3 Å². The van der Waals surface area contributed by atoms with Gasteiger partial charge in [-0.15, -0.1) is 0 Å². The molecule has 1 saturated heterocycles. The number of amides is 2. The quantitative estimate of drug-likeness (QED) is 0.334. The summed E-state index contributed by atoms with van der Waals surface area (Å²) < 4.78 is 11.6. The maximum Gasteiger partial charge on any atom is 0.322 e. The van der Waals surface area contributed by atoms with Crippen LogP contribution in [-0.4, -0.2) is 76.3 Å². The maximum absolute atomic E-state index is 12.9. The second-order valence-corrected chi connectivity index (χ2v) is 9.87. The second kappa shape index (κ2) is 11.0. The fourth-order valence-corrected chi connectivity index (χ4v) is 5.07. The van der Waals surface area contributed by atoms with Gasteiger partial charge in [-0.3, -0.25) is 10.1 Å². The highest BCUT2D eigenvalue weighted by molar-refractivity contribution is 6.35. The lowest BCUT2D eigenvalue weighted by Gasteiger charge is -2.32. The first-order chi connectivity index (χ1) is 18.3. The number of ether oxygens (including phenoxy) is 2. The van der Waals surface area contributed by atoms with Crippen molar-refractivity contribution in [2.75, 3.05) is 45.7 Å². The summed E-state index contributed by atoms with van der Waals surface area (Å²) in [5.41, 5.74) is 3.31. The first-order valence-electron chi connectivity index (χ1n) is 12.1. The highest BCUT2D eigenvalue weighted by atomic mass is 35.5. The van der Waals surface area contributed by atoms with Crippen LogP contribution in [0.4, 0.5) is 10.5 Å². The highest BCUT2D eigenvalue weighted by Crippen LogP contribution is 2.36. The van der Waals surface area contributed by atoms with Crippen LogP contribution in [0.5, 0.6) is 11.6 Å². The van der Waals surface area contributed by atoms with E-state index in [1.165, 1.54) is 19.5 Å². The van der Waals surface area contributed by atoms with Crippen LogP contribution in [0.15, 0.2) is 42.9 Å². The minimum Gasteiger partial charge on any atom is -0.486 e. The molecule has 198 valence electrons. The van der Waals surface area contributed by atoms with Gasteiger partial charge in [0.25, 0.3) is 0 Å². The summed E-state index contributed by atoms with van der Waals surface area (Å²) in [5.74, 6) is 0.932. The molecule has 1 aromatic carbocycles. The third kappa shape index (κ3) is 5.33. The van der Waals surface area contributed by atoms with Gasteiger partial charge in [0.2, 0.25) is 5.88 Å². The summed E-state index contributed by atoms with van der Waals surface area (Å²) in [6, 6.07) is 7.23. The van der Waals surface area contributed by atoms with Crippen molar-refractivity contribution >= 4 is 45.8 Å². The van der Waals surface area contributed by atoms with Gasteiger partial charge in [-0.25, -0.2) is 9.78 Å². The van der Waals surface area contributed by atoms with Gasteiger partial charge in [0.05, 0.1) is 22.7 Å². The fraction of sp³-hybridized carbons (Fsp3) is 0.308. The van der Waals surface area contributed by atoms with Crippen molar-refractivity contribution in [2.45, 2.75) is 13.0 Å². The fourth-order valence-electron chi connectivity index (χ4n) is 4.40. The van der Waals surface area contributed by atoms with Gasteiger partial charge in [-0.2, -0.15) is 5.10 Å². The SMILES string of the molecule is COc1ncc(-c2n[nH]c3ccc(O[C@H](C)c4c(Cl)cncc4Cl)cc23)cc1NC(=O)N1CCN(C)CC1. The van der Waals surface area contributed by atoms with Crippen molar-refractivity contribution in [1.29, 1.82) is 0 Å². The van der Waals surface area contributed by atoms with E-state index in [-0.39, 0.29) is 6.03 Å². The molecule has 0 unspecified atom stereocenters. The Morgan fingerprint density at radius 2 is 1.84 bits per heavy atom. The monoisotopic (exact) mass is 555 g/mol. The number of anilines is 1. The number of pyridine rings is 2. The third-order valence-electron chi connectivity index (χ3n) is 6.49. The van der Waals surface area contributed by atoms with Gasteiger partial charge in [0.15, 0.2) is 0 Å². The molecule has 4 aromatic rings. The number of H-pyrrole nitrogens is 1. The highest BCUT2D eigenvalue weighted by Gasteiger charge is 2.22. The molecule has 0 aliphatic carbocycles. The first-order valence-corrected chi connectivity index (χ1v) is 12.8. The summed E-state index contributed by atoms with van der Waals surface area (Å²) in [6.07, 6.45) is 4.32. The standard InChI is InChI=1S/C26H27Cl2N7O3/c1-15(23-19(27)13-29-14-20(23)28)38-17-4-5-21-18(11-17)24(33-32-21)16-10-22(25(37-3)30-12-16)31-26(36)35-8-6-34(2)7-9-35/h4-5,10-15H,6-9H2,1-3H3,(H,31,36)(H,32,33)/t15-/m1/s1. The molecule has 1 atom stereocenters. The van der Waals surface area contributed by atoms with Crippen LogP contribution < -0.4 is 14.8 Å². The molecule has 1 aliphatic heterocycles. The van der Waals surface area contributed by atoms with Crippen LogP contribution >= 0.6 is 23.2 Å². The molecule has 3 aromatic heterocycles. The molecule has 0 saturated carbocycles. The minimum absolute atomic E-state index is 0.194. The van der Waals surface area contributed by atoms with Crippen LogP contribution in [-0.2, 0) is 0 Å². The summed E-state index contributed by atoms with van der Waals surface area (Å²) in [4.78, 5) is 25.3. The first kappa shape index (κ1) is 26.0. The molecule has 0 bridgehead atoms. The predicted octanol–water partition coefficient (Wildman–Crippen LogP) is 5.25. The number of nitrogens with one attached hydrogen (secondary N) is 2. The molecule has 38 heavy (non-hydrogen) atoms. The average molecular weight is 556 g/mol. The zero-order valence-corrected chi connectivity index (χ0v) is 22.7. The number of rotatable bonds is 6. The van der Waals surface area contributed by atoms with Crippen molar-refractivity contribution in [3.8, 4) is 22.9 Å². The van der Waals surface area contributed by atoms with Crippen molar-refractivity contribution < 1.29 is 14.3 Å². The van der Waals surface area contributed by atoms with E-state index in [4.69, 9.17) is 32.7 Å². The number of aromatic nitrogens is 4. The van der Waals surface area contributed by atoms with E-state index in [0.717, 1.165) is 24.0 Å². The number of hydrogen-bond acceptors (Lipinski definition) is 7. The topological polar surface area (TPSA) is 108 Å². The summed E-state index contributed by atoms with van der Waals surface area (Å²) in [7, 11) is 3.56. The van der Waals surface area contributed by atoms with Crippen molar-refractivity contribution in [3.63, 3.8) is 0 Å². The molecule has 0 spiro atoms. The Bertz CT molecular complexity index is 1450. The number of piperazine rings is 1. The van der Waals surface area contributed by atoms with Crippen molar-refractivity contribution in [3.05, 3.63) is 58.5 Å². The molecule has 10 nitrogen and oxygen atoms in total. The average Bonchev–Trinajstić information content (AvgIpc) is 3.32. The number of carbonyl (C=O) groups is 1. The van der Waals surface area contributed by atoms with E-state index in [9.17, 15) is 4.79 Å². The third-order valence-corrected chi connectivity index (χ3v) is 7.10. The predicted molar refractivity (Wildman–Crippen MR) is 147 cm³/mol. The Balaban J connectivity index is 1.42. The molecule has 5 rings (SSSR count). The Labute approximate surface area is 229 Å². The van der Waals surface area contributed by atoms with Crippen molar-refractivity contribution in [2.24, 2.45) is 0 Å². The maximum atomic E-state index is 12.9. The van der Waals surface area contributed by atoms with Gasteiger partial charge in [-0.05, 0) is 38.2 Å². The van der Waals surface area contributed by atoms with E-state index < -0.39 is 6.10 Å². The number of hydrogen-bond donors (Lipinski definition) is 2. The number of halogens is 2. The number of nitrogens with zero attached hydrogens (tertiary/aromatic N) is 5. The number of benzene rings is 1. The number of urea groups is 1. The molecular formula is C26H27Cl2N7O3. The zero-order chi connectivity index (χ0) is 26.8. The molecular weight excluding hydrogens is 529 g/mol. The van der Waals surface area contributed by atoms with E-state index in [2.05, 4.69) is 30.4 Å². The molecule has 2 N–H and O–H groups in total. The summed E-state index contributed by atoms with van der Waals surface area (Å²) >= 11 is 12.6. The van der Waals surface area contributed by atoms with Crippen molar-refractivity contribution in [1.82, 2.24) is 30.0 Å². The van der Waals surface area contributed by atoms with E-state index in [1.807, 2.05) is 38.2 Å². The van der Waals surface area contributed by atoms with Gasteiger partial charge >= 0.3 is 6.03 Å². The Morgan fingerprint density at radius 1 is 1.11 bits per heavy atom. The van der Waals surface area contributed by atoms with Gasteiger partial charge in [0.1, 0.15) is 23.2 Å². The van der Waals surface area contributed by atoms with Crippen LogP contribution in [0.2, 0.25) is 10.0 Å². The van der Waals surface area contributed by atoms with Gasteiger partial charge in [0, 0.05) is 61.3 Å². The van der Waals surface area contributed by atoms with Gasteiger partial charge in [-0.1, -0.05) is 23.2 Å². The Kier molecular flexibility index (Phi) is 7.55. The van der Waals surface area contributed by atoms with Crippen LogP contribution in [0.1, 0.15) is 18.6 Å². The number of likely N-dealkylation sites (N-methyl/N-ethyl adjacent to an activating group) is 1. The number of aromatic amines is 1. The lowest BCUT2D eigenvalue weighted by molar-refractivity contribution is 0.164. The minimum atomic E-state index is -0.412. The molecule has 1 aliphatic rings. The largest absolute Gasteiger partial charge is 0.486 e. The Hall–Kier alpha value is -3.60. The summed E-state index contributed by atoms with van der Waals surface area (Å²) in [5, 5.41) is 12.2. The van der Waals surface area contributed by atoms with Crippen LogP contribution in [0, 0.1) is 0 Å². The number of carbonyl (C=O) groups excluding carboxylic acids is 1. The van der Waals surface area contributed by atoms with Crippen LogP contribution in [0.3, 0.4) is 0 Å². The lowest BCUT2D eigenvalue weighted by atomic mass is 10.1. The molecule has 4 heterocycles. The van der Waals surface area contributed by atoms with E-state index in [1.54, 1.807) is 11.1 Å². The van der Waals surface area contributed by atoms with Crippen LogP contribution in [0.25, 0.3) is 22.2 Å². The lowest BCUT2D eigenvalue weighted by Crippen LogP contribution is -2.48. The molecule has 2 amide bonds. The van der Waals surface area contributed by atoms with E-state index >= 15 is 0 Å². The Morgan fingerprint density at radius 3 is 2.55 bits per heavy atom. The summed E-state index contributed by atoms with van der Waals surface area (Å²) in [6.45, 7) is 4.82. The molecule has 0 radical (unpaired) electrons.